The molecule has 1 aromatic rings. The second-order valence-corrected chi connectivity index (χ2v) is 6.67. The maximum atomic E-state index is 4.90. The zero-order valence-electron chi connectivity index (χ0n) is 11.3. The van der Waals surface area contributed by atoms with Gasteiger partial charge in [0.05, 0.1) is 11.7 Å². The Morgan fingerprint density at radius 2 is 1.94 bits per heavy atom. The van der Waals surface area contributed by atoms with Crippen LogP contribution in [0.1, 0.15) is 50.8 Å². The molecule has 0 aromatic carbocycles. The molecule has 0 amide bonds. The zero-order valence-corrected chi connectivity index (χ0v) is 11.3. The topological polar surface area (TPSA) is 17.8 Å². The molecule has 2 fully saturated rings. The van der Waals surface area contributed by atoms with E-state index in [2.05, 4.69) is 57.3 Å². The molecule has 18 heavy (non-hydrogen) atoms. The van der Waals surface area contributed by atoms with E-state index in [0.29, 0.717) is 11.3 Å². The van der Waals surface area contributed by atoms with Gasteiger partial charge in [0.15, 0.2) is 0 Å². The summed E-state index contributed by atoms with van der Waals surface area (Å²) in [6.07, 6.45) is 13.3. The average Bonchev–Trinajstić information content (AvgIpc) is 3.02. The molecule has 2 atom stereocenters. The molecule has 0 aliphatic heterocycles. The van der Waals surface area contributed by atoms with Crippen LogP contribution in [0.3, 0.4) is 0 Å². The second-order valence-electron chi connectivity index (χ2n) is 6.67. The van der Waals surface area contributed by atoms with Crippen LogP contribution < -0.4 is 0 Å². The fraction of sp³-hybridized carbons (Fsp3) is 0.500. The molecular formula is C16H19N2. The van der Waals surface area contributed by atoms with Crippen LogP contribution in [0.4, 0.5) is 0 Å². The van der Waals surface area contributed by atoms with Crippen LogP contribution in [0.2, 0.25) is 0 Å². The van der Waals surface area contributed by atoms with E-state index in [1.807, 2.05) is 0 Å². The van der Waals surface area contributed by atoms with Crippen molar-refractivity contribution >= 4 is 0 Å². The summed E-state index contributed by atoms with van der Waals surface area (Å²) >= 11 is 0. The second kappa shape index (κ2) is 3.20. The van der Waals surface area contributed by atoms with Crippen molar-refractivity contribution in [1.29, 1.82) is 0 Å². The van der Waals surface area contributed by atoms with Gasteiger partial charge in [-0.2, -0.15) is 5.10 Å². The van der Waals surface area contributed by atoms with Gasteiger partial charge in [0.2, 0.25) is 0 Å². The van der Waals surface area contributed by atoms with E-state index in [9.17, 15) is 0 Å². The minimum atomic E-state index is 0.269. The minimum Gasteiger partial charge on any atom is -0.263 e. The van der Waals surface area contributed by atoms with Crippen LogP contribution in [-0.4, -0.2) is 9.78 Å². The first kappa shape index (κ1) is 11.1. The SMILES string of the molecule is CC1(C)[C@@H]2CC[C@@]1(C)c1nn([C]3[CH][CH][CH][CH]3)cc12. The Kier molecular flexibility index (Phi) is 1.97. The van der Waals surface area contributed by atoms with Gasteiger partial charge in [0.1, 0.15) is 0 Å². The summed E-state index contributed by atoms with van der Waals surface area (Å²) in [5, 5.41) is 4.90. The lowest BCUT2D eigenvalue weighted by Gasteiger charge is -2.34. The highest BCUT2D eigenvalue weighted by molar-refractivity contribution is 5.46. The van der Waals surface area contributed by atoms with Gasteiger partial charge in [-0.15, -0.1) is 0 Å². The highest BCUT2D eigenvalue weighted by Crippen LogP contribution is 2.67. The largest absolute Gasteiger partial charge is 0.263 e. The predicted octanol–water partition coefficient (Wildman–Crippen LogP) is 3.27. The molecule has 3 aliphatic carbocycles. The van der Waals surface area contributed by atoms with Crippen molar-refractivity contribution in [3.63, 3.8) is 0 Å². The molecule has 0 N–H and O–H groups in total. The minimum absolute atomic E-state index is 0.269. The maximum absolute atomic E-state index is 4.90. The van der Waals surface area contributed by atoms with Gasteiger partial charge in [-0.25, -0.2) is 0 Å². The smallest absolute Gasteiger partial charge is 0.0953 e. The fourth-order valence-corrected chi connectivity index (χ4v) is 4.19. The summed E-state index contributed by atoms with van der Waals surface area (Å²) in [5.41, 5.74) is 3.49. The lowest BCUT2D eigenvalue weighted by Crippen LogP contribution is -2.32. The summed E-state index contributed by atoms with van der Waals surface area (Å²) in [4.78, 5) is 0. The molecule has 1 heterocycles. The highest BCUT2D eigenvalue weighted by Gasteiger charge is 2.61. The lowest BCUT2D eigenvalue weighted by molar-refractivity contribution is 0.224. The van der Waals surface area contributed by atoms with Crippen molar-refractivity contribution < 1.29 is 0 Å². The molecule has 0 saturated heterocycles. The first-order valence-electron chi connectivity index (χ1n) is 6.86. The molecular weight excluding hydrogens is 220 g/mol. The van der Waals surface area contributed by atoms with Gasteiger partial charge in [-0.05, 0) is 55.4 Å². The molecule has 0 unspecified atom stereocenters. The number of hydrogen-bond donors (Lipinski definition) is 0. The summed E-state index contributed by atoms with van der Waals surface area (Å²) in [6, 6.07) is 1.19. The third kappa shape index (κ3) is 1.08. The summed E-state index contributed by atoms with van der Waals surface area (Å²) in [5.74, 6) is 0.696. The maximum Gasteiger partial charge on any atom is 0.0953 e. The van der Waals surface area contributed by atoms with Gasteiger partial charge in [0, 0.05) is 11.6 Å². The zero-order chi connectivity index (χ0) is 12.5. The predicted molar refractivity (Wildman–Crippen MR) is 71.2 cm³/mol. The molecule has 1 aromatic heterocycles. The van der Waals surface area contributed by atoms with Gasteiger partial charge in [-0.3, -0.25) is 4.68 Å². The standard InChI is InChI=1S/C16H19N2/c1-15(2)13-8-9-16(15,3)14-12(13)10-18(17-14)11-6-4-5-7-11/h4-7,10,13H,8-9H2,1-3H3/t13-,16+/m1/s1. The summed E-state index contributed by atoms with van der Waals surface area (Å²) in [7, 11) is 0. The normalized spacial score (nSPS) is 37.4. The Morgan fingerprint density at radius 3 is 2.61 bits per heavy atom. The quantitative estimate of drug-likeness (QED) is 0.735. The van der Waals surface area contributed by atoms with Crippen LogP contribution >= 0.6 is 0 Å². The highest BCUT2D eigenvalue weighted by atomic mass is 15.3. The molecule has 2 bridgehead atoms. The van der Waals surface area contributed by atoms with Crippen LogP contribution in [0.25, 0.3) is 0 Å². The number of hydrogen-bond acceptors (Lipinski definition) is 1. The lowest BCUT2D eigenvalue weighted by atomic mass is 9.70. The van der Waals surface area contributed by atoms with Crippen molar-refractivity contribution in [1.82, 2.24) is 9.78 Å². The summed E-state index contributed by atoms with van der Waals surface area (Å²) < 4.78 is 2.07. The summed E-state index contributed by atoms with van der Waals surface area (Å²) in [6.45, 7) is 7.24. The van der Waals surface area contributed by atoms with Gasteiger partial charge in [-0.1, -0.05) is 20.8 Å². The van der Waals surface area contributed by atoms with E-state index in [-0.39, 0.29) is 5.41 Å². The van der Waals surface area contributed by atoms with Crippen LogP contribution in [-0.2, 0) is 5.41 Å². The number of aromatic nitrogens is 2. The Morgan fingerprint density at radius 1 is 1.22 bits per heavy atom. The third-order valence-corrected chi connectivity index (χ3v) is 5.78. The van der Waals surface area contributed by atoms with Crippen molar-refractivity contribution in [3.05, 3.63) is 49.2 Å². The Labute approximate surface area is 110 Å². The van der Waals surface area contributed by atoms with E-state index < -0.39 is 0 Å². The van der Waals surface area contributed by atoms with Crippen LogP contribution in [0, 0.1) is 37.1 Å². The van der Waals surface area contributed by atoms with E-state index >= 15 is 0 Å². The van der Waals surface area contributed by atoms with Crippen molar-refractivity contribution in [2.24, 2.45) is 5.41 Å². The number of fused-ring (bicyclic) bond motifs is 5. The van der Waals surface area contributed by atoms with Gasteiger partial charge >= 0.3 is 0 Å². The molecule has 0 spiro atoms. The van der Waals surface area contributed by atoms with E-state index in [1.165, 1.54) is 30.1 Å². The molecule has 3 aliphatic rings. The number of nitrogens with zero attached hydrogens (tertiary/aromatic N) is 2. The fourth-order valence-electron chi connectivity index (χ4n) is 4.19. The monoisotopic (exact) mass is 239 g/mol. The Hall–Kier alpha value is -0.790. The van der Waals surface area contributed by atoms with Crippen molar-refractivity contribution in [3.8, 4) is 0 Å². The molecule has 4 rings (SSSR count). The Balaban J connectivity index is 1.79. The van der Waals surface area contributed by atoms with E-state index in [0.717, 1.165) is 0 Å². The molecule has 2 heteroatoms. The van der Waals surface area contributed by atoms with Crippen molar-refractivity contribution in [2.45, 2.75) is 44.9 Å². The first-order chi connectivity index (χ1) is 8.54. The average molecular weight is 239 g/mol. The first-order valence-corrected chi connectivity index (χ1v) is 6.86. The molecule has 2 saturated carbocycles. The Bertz CT molecular complexity index is 493. The van der Waals surface area contributed by atoms with Crippen molar-refractivity contribution in [2.75, 3.05) is 0 Å². The molecule has 2 nitrogen and oxygen atoms in total. The number of rotatable bonds is 1. The third-order valence-electron chi connectivity index (χ3n) is 5.78. The van der Waals surface area contributed by atoms with E-state index in [1.54, 1.807) is 0 Å². The van der Waals surface area contributed by atoms with Crippen LogP contribution in [0.5, 0.6) is 0 Å². The van der Waals surface area contributed by atoms with Gasteiger partial charge in [0.25, 0.3) is 0 Å². The molecule has 93 valence electrons. The van der Waals surface area contributed by atoms with E-state index in [4.69, 9.17) is 5.10 Å². The van der Waals surface area contributed by atoms with Crippen LogP contribution in [0.15, 0.2) is 6.20 Å². The molecule has 5 radical (unpaired) electrons. The van der Waals surface area contributed by atoms with Gasteiger partial charge < -0.3 is 0 Å².